The van der Waals surface area contributed by atoms with Crippen LogP contribution in [-0.4, -0.2) is 18.5 Å². The first-order valence-corrected chi connectivity index (χ1v) is 7.56. The Hall–Kier alpha value is -1.62. The van der Waals surface area contributed by atoms with E-state index in [-0.39, 0.29) is 6.04 Å². The van der Waals surface area contributed by atoms with Crippen LogP contribution in [0.4, 0.5) is 0 Å². The molecule has 1 aromatic carbocycles. The van der Waals surface area contributed by atoms with Crippen LogP contribution in [0.5, 0.6) is 0 Å². The standard InChI is InChI=1S/C16H18N2OS/c1-18(10-12-5-4-8-20-12)15(9-17)14-11-19-16-7-3-2-6-13(14)16/h2-8,11,15H,9-10,17H2,1H3. The van der Waals surface area contributed by atoms with E-state index in [1.165, 1.54) is 10.4 Å². The van der Waals surface area contributed by atoms with Crippen molar-refractivity contribution in [2.24, 2.45) is 5.73 Å². The number of thiophene rings is 1. The minimum atomic E-state index is 0.167. The molecule has 3 rings (SSSR count). The average molecular weight is 286 g/mol. The Morgan fingerprint density at radius 2 is 2.10 bits per heavy atom. The first-order chi connectivity index (χ1) is 9.79. The highest BCUT2D eigenvalue weighted by Crippen LogP contribution is 2.30. The Morgan fingerprint density at radius 1 is 1.25 bits per heavy atom. The molecule has 2 N–H and O–H groups in total. The summed E-state index contributed by atoms with van der Waals surface area (Å²) in [5.41, 5.74) is 8.10. The molecule has 0 fully saturated rings. The summed E-state index contributed by atoms with van der Waals surface area (Å²) in [6.45, 7) is 1.48. The molecule has 0 radical (unpaired) electrons. The molecule has 20 heavy (non-hydrogen) atoms. The normalized spacial score (nSPS) is 13.2. The van der Waals surface area contributed by atoms with E-state index < -0.39 is 0 Å². The van der Waals surface area contributed by atoms with Crippen LogP contribution in [0.2, 0.25) is 0 Å². The fourth-order valence-electron chi connectivity index (χ4n) is 2.56. The van der Waals surface area contributed by atoms with Gasteiger partial charge in [-0.05, 0) is 24.6 Å². The molecule has 0 saturated heterocycles. The van der Waals surface area contributed by atoms with E-state index >= 15 is 0 Å². The maximum Gasteiger partial charge on any atom is 0.134 e. The van der Waals surface area contributed by atoms with Crippen molar-refractivity contribution in [1.29, 1.82) is 0 Å². The molecule has 1 unspecified atom stereocenters. The van der Waals surface area contributed by atoms with E-state index in [2.05, 4.69) is 35.5 Å². The number of hydrogen-bond acceptors (Lipinski definition) is 4. The summed E-state index contributed by atoms with van der Waals surface area (Å²) in [4.78, 5) is 3.63. The van der Waals surface area contributed by atoms with Gasteiger partial charge in [0.25, 0.3) is 0 Å². The van der Waals surface area contributed by atoms with Gasteiger partial charge in [0.1, 0.15) is 5.58 Å². The SMILES string of the molecule is CN(Cc1cccs1)C(CN)c1coc2ccccc12. The molecule has 0 saturated carbocycles. The first kappa shape index (κ1) is 13.4. The maximum atomic E-state index is 6.00. The number of furan rings is 1. The van der Waals surface area contributed by atoms with Gasteiger partial charge in [-0.15, -0.1) is 11.3 Å². The van der Waals surface area contributed by atoms with Gasteiger partial charge < -0.3 is 10.2 Å². The lowest BCUT2D eigenvalue weighted by atomic mass is 10.0. The van der Waals surface area contributed by atoms with Crippen LogP contribution in [0.3, 0.4) is 0 Å². The van der Waals surface area contributed by atoms with Crippen molar-refractivity contribution in [3.05, 3.63) is 58.5 Å². The highest BCUT2D eigenvalue weighted by molar-refractivity contribution is 7.09. The second-order valence-corrected chi connectivity index (χ2v) is 5.97. The molecule has 0 aliphatic rings. The van der Waals surface area contributed by atoms with Gasteiger partial charge >= 0.3 is 0 Å². The van der Waals surface area contributed by atoms with Crippen molar-refractivity contribution in [1.82, 2.24) is 4.90 Å². The Morgan fingerprint density at radius 3 is 2.85 bits per heavy atom. The highest BCUT2D eigenvalue weighted by Gasteiger charge is 2.20. The summed E-state index contributed by atoms with van der Waals surface area (Å²) >= 11 is 1.77. The van der Waals surface area contributed by atoms with Gasteiger partial charge in [0.15, 0.2) is 0 Å². The largest absolute Gasteiger partial charge is 0.464 e. The van der Waals surface area contributed by atoms with Crippen molar-refractivity contribution >= 4 is 22.3 Å². The van der Waals surface area contributed by atoms with Crippen LogP contribution in [-0.2, 0) is 6.54 Å². The number of likely N-dealkylation sites (N-methyl/N-ethyl adjacent to an activating group) is 1. The molecular formula is C16H18N2OS. The molecule has 4 heteroatoms. The fraction of sp³-hybridized carbons (Fsp3) is 0.250. The minimum absolute atomic E-state index is 0.167. The summed E-state index contributed by atoms with van der Waals surface area (Å²) in [5.74, 6) is 0. The third kappa shape index (κ3) is 2.50. The Labute approximate surface area is 122 Å². The zero-order chi connectivity index (χ0) is 13.9. The van der Waals surface area contributed by atoms with Gasteiger partial charge in [0.05, 0.1) is 12.3 Å². The van der Waals surface area contributed by atoms with Crippen LogP contribution in [0.15, 0.2) is 52.5 Å². The molecule has 0 amide bonds. The molecule has 0 aliphatic heterocycles. The smallest absolute Gasteiger partial charge is 0.134 e. The average Bonchev–Trinajstić information content (AvgIpc) is 3.10. The summed E-state index contributed by atoms with van der Waals surface area (Å²) in [7, 11) is 2.11. The van der Waals surface area contributed by atoms with E-state index in [1.54, 1.807) is 11.3 Å². The number of nitrogens with zero attached hydrogens (tertiary/aromatic N) is 1. The van der Waals surface area contributed by atoms with Crippen molar-refractivity contribution in [2.75, 3.05) is 13.6 Å². The number of para-hydroxylation sites is 1. The van der Waals surface area contributed by atoms with Crippen LogP contribution in [0, 0.1) is 0 Å². The van der Waals surface area contributed by atoms with Crippen LogP contribution < -0.4 is 5.73 Å². The lowest BCUT2D eigenvalue weighted by Crippen LogP contribution is -2.29. The Bertz CT molecular complexity index is 675. The third-order valence-corrected chi connectivity index (χ3v) is 4.47. The molecule has 2 aromatic heterocycles. The zero-order valence-corrected chi connectivity index (χ0v) is 12.3. The molecular weight excluding hydrogens is 268 g/mol. The Balaban J connectivity index is 1.89. The van der Waals surface area contributed by atoms with Crippen molar-refractivity contribution in [3.8, 4) is 0 Å². The number of benzene rings is 1. The summed E-state index contributed by atoms with van der Waals surface area (Å²) < 4.78 is 5.64. The van der Waals surface area contributed by atoms with Gasteiger partial charge in [-0.3, -0.25) is 4.90 Å². The topological polar surface area (TPSA) is 42.4 Å². The highest BCUT2D eigenvalue weighted by atomic mass is 32.1. The second-order valence-electron chi connectivity index (χ2n) is 4.93. The van der Waals surface area contributed by atoms with E-state index in [0.717, 1.165) is 17.5 Å². The molecule has 3 nitrogen and oxygen atoms in total. The Kier molecular flexibility index (Phi) is 3.87. The van der Waals surface area contributed by atoms with Crippen LogP contribution >= 0.6 is 11.3 Å². The van der Waals surface area contributed by atoms with Gasteiger partial charge in [0.2, 0.25) is 0 Å². The van der Waals surface area contributed by atoms with Crippen LogP contribution in [0.25, 0.3) is 11.0 Å². The van der Waals surface area contributed by atoms with E-state index in [1.807, 2.05) is 24.5 Å². The summed E-state index contributed by atoms with van der Waals surface area (Å²) in [6.07, 6.45) is 1.84. The molecule has 104 valence electrons. The molecule has 0 aliphatic carbocycles. The predicted molar refractivity (Wildman–Crippen MR) is 83.8 cm³/mol. The molecule has 1 atom stereocenters. The quantitative estimate of drug-likeness (QED) is 0.779. The first-order valence-electron chi connectivity index (χ1n) is 6.68. The molecule has 0 spiro atoms. The summed E-state index contributed by atoms with van der Waals surface area (Å²) in [6, 6.07) is 12.5. The number of fused-ring (bicyclic) bond motifs is 1. The monoisotopic (exact) mass is 286 g/mol. The number of rotatable bonds is 5. The molecule has 0 bridgehead atoms. The van der Waals surface area contributed by atoms with E-state index in [0.29, 0.717) is 6.54 Å². The van der Waals surface area contributed by atoms with Crippen LogP contribution in [0.1, 0.15) is 16.5 Å². The molecule has 3 aromatic rings. The van der Waals surface area contributed by atoms with Crippen molar-refractivity contribution < 1.29 is 4.42 Å². The van der Waals surface area contributed by atoms with Crippen molar-refractivity contribution in [3.63, 3.8) is 0 Å². The van der Waals surface area contributed by atoms with Gasteiger partial charge in [-0.1, -0.05) is 24.3 Å². The number of nitrogens with two attached hydrogens (primary N) is 1. The zero-order valence-electron chi connectivity index (χ0n) is 11.5. The third-order valence-electron chi connectivity index (χ3n) is 3.61. The van der Waals surface area contributed by atoms with E-state index in [4.69, 9.17) is 10.2 Å². The van der Waals surface area contributed by atoms with Crippen molar-refractivity contribution in [2.45, 2.75) is 12.6 Å². The fourth-order valence-corrected chi connectivity index (χ4v) is 3.33. The van der Waals surface area contributed by atoms with E-state index in [9.17, 15) is 0 Å². The lowest BCUT2D eigenvalue weighted by Gasteiger charge is -2.26. The van der Waals surface area contributed by atoms with Gasteiger partial charge in [0, 0.05) is 28.9 Å². The predicted octanol–water partition coefficient (Wildman–Crippen LogP) is 3.63. The van der Waals surface area contributed by atoms with Gasteiger partial charge in [-0.25, -0.2) is 0 Å². The summed E-state index contributed by atoms with van der Waals surface area (Å²) in [5, 5.41) is 3.26. The molecule has 2 heterocycles. The number of hydrogen-bond donors (Lipinski definition) is 1. The second kappa shape index (κ2) is 5.79. The lowest BCUT2D eigenvalue weighted by molar-refractivity contribution is 0.244. The maximum absolute atomic E-state index is 6.00. The minimum Gasteiger partial charge on any atom is -0.464 e. The van der Waals surface area contributed by atoms with Gasteiger partial charge in [-0.2, -0.15) is 0 Å².